The van der Waals surface area contributed by atoms with Gasteiger partial charge in [-0.3, -0.25) is 19.1 Å². The van der Waals surface area contributed by atoms with E-state index < -0.39 is 0 Å². The van der Waals surface area contributed by atoms with Gasteiger partial charge >= 0.3 is 0 Å². The van der Waals surface area contributed by atoms with Gasteiger partial charge < -0.3 is 10.3 Å². The molecule has 5 rings (SSSR count). The SMILES string of the molecule is O=C(Cn1cnc2c([nH]c3ccc(Br)cc32)c1=O)NC1CCN(Cc2ccccc2)CC1. The smallest absolute Gasteiger partial charge is 0.278 e. The lowest BCUT2D eigenvalue weighted by molar-refractivity contribution is -0.122. The number of nitrogens with one attached hydrogen (secondary N) is 2. The summed E-state index contributed by atoms with van der Waals surface area (Å²) in [6.45, 7) is 2.78. The third-order valence-corrected chi connectivity index (χ3v) is 6.54. The number of fused-ring (bicyclic) bond motifs is 3. The predicted octanol–water partition coefficient (Wildman–Crippen LogP) is 3.42. The Hall–Kier alpha value is -2.97. The van der Waals surface area contributed by atoms with Crippen LogP contribution in [-0.2, 0) is 17.9 Å². The first-order chi connectivity index (χ1) is 15.6. The molecule has 1 fully saturated rings. The van der Waals surface area contributed by atoms with Gasteiger partial charge in [0, 0.05) is 41.1 Å². The van der Waals surface area contributed by atoms with E-state index >= 15 is 0 Å². The molecule has 7 nitrogen and oxygen atoms in total. The van der Waals surface area contributed by atoms with Gasteiger partial charge in [-0.2, -0.15) is 0 Å². The topological polar surface area (TPSA) is 83.0 Å². The van der Waals surface area contributed by atoms with E-state index in [9.17, 15) is 9.59 Å². The van der Waals surface area contributed by atoms with Crippen LogP contribution in [0.3, 0.4) is 0 Å². The van der Waals surface area contributed by atoms with Gasteiger partial charge in [0.2, 0.25) is 5.91 Å². The molecule has 4 aromatic rings. The fourth-order valence-electron chi connectivity index (χ4n) is 4.38. The summed E-state index contributed by atoms with van der Waals surface area (Å²) < 4.78 is 2.29. The van der Waals surface area contributed by atoms with E-state index in [1.54, 1.807) is 0 Å². The van der Waals surface area contributed by atoms with Gasteiger partial charge in [-0.1, -0.05) is 46.3 Å². The number of aromatic amines is 1. The van der Waals surface area contributed by atoms with Crippen molar-refractivity contribution in [1.29, 1.82) is 0 Å². The number of nitrogens with zero attached hydrogens (tertiary/aromatic N) is 3. The van der Waals surface area contributed by atoms with Crippen LogP contribution < -0.4 is 10.9 Å². The molecular formula is C24H24BrN5O2. The Labute approximate surface area is 193 Å². The summed E-state index contributed by atoms with van der Waals surface area (Å²) >= 11 is 3.45. The lowest BCUT2D eigenvalue weighted by atomic mass is 10.0. The summed E-state index contributed by atoms with van der Waals surface area (Å²) in [5.41, 5.74) is 2.95. The molecule has 2 N–H and O–H groups in total. The monoisotopic (exact) mass is 493 g/mol. The second-order valence-corrected chi connectivity index (χ2v) is 9.24. The molecule has 2 aromatic carbocycles. The minimum Gasteiger partial charge on any atom is -0.352 e. The molecule has 0 radical (unpaired) electrons. The number of rotatable bonds is 5. The maximum absolute atomic E-state index is 12.9. The Morgan fingerprint density at radius 2 is 1.94 bits per heavy atom. The van der Waals surface area contributed by atoms with Crippen LogP contribution in [0.5, 0.6) is 0 Å². The van der Waals surface area contributed by atoms with Crippen molar-refractivity contribution in [2.75, 3.05) is 13.1 Å². The van der Waals surface area contributed by atoms with Gasteiger partial charge in [0.1, 0.15) is 17.6 Å². The fraction of sp³-hybridized carbons (Fsp3) is 0.292. The molecule has 0 saturated carbocycles. The van der Waals surface area contributed by atoms with E-state index in [0.717, 1.165) is 47.9 Å². The van der Waals surface area contributed by atoms with Crippen molar-refractivity contribution < 1.29 is 4.79 Å². The molecule has 2 aromatic heterocycles. The molecule has 32 heavy (non-hydrogen) atoms. The standard InChI is InChI=1S/C24H24BrN5O2/c25-17-6-7-20-19(12-17)22-23(28-20)24(32)30(15-26-22)14-21(31)27-18-8-10-29(11-9-18)13-16-4-2-1-3-5-16/h1-7,12,15,18,28H,8-11,13-14H2,(H,27,31). The van der Waals surface area contributed by atoms with Crippen LogP contribution in [0.15, 0.2) is 64.1 Å². The molecule has 3 heterocycles. The van der Waals surface area contributed by atoms with Gasteiger partial charge in [0.05, 0.1) is 6.33 Å². The van der Waals surface area contributed by atoms with Gasteiger partial charge in [0.25, 0.3) is 5.56 Å². The van der Waals surface area contributed by atoms with E-state index in [1.807, 2.05) is 24.3 Å². The minimum absolute atomic E-state index is 0.0366. The first kappa shape index (κ1) is 20.9. The number of benzene rings is 2. The van der Waals surface area contributed by atoms with Crippen LogP contribution >= 0.6 is 15.9 Å². The van der Waals surface area contributed by atoms with Crippen LogP contribution in [-0.4, -0.2) is 44.5 Å². The third kappa shape index (κ3) is 4.33. The summed E-state index contributed by atoms with van der Waals surface area (Å²) in [6, 6.07) is 16.3. The summed E-state index contributed by atoms with van der Waals surface area (Å²) in [5.74, 6) is -0.159. The lowest BCUT2D eigenvalue weighted by Crippen LogP contribution is -2.45. The van der Waals surface area contributed by atoms with Crippen molar-refractivity contribution in [1.82, 2.24) is 24.8 Å². The molecule has 0 atom stereocenters. The molecule has 0 aliphatic carbocycles. The first-order valence-electron chi connectivity index (χ1n) is 10.8. The van der Waals surface area contributed by atoms with Crippen LogP contribution in [0.4, 0.5) is 0 Å². The fourth-order valence-corrected chi connectivity index (χ4v) is 4.74. The molecular weight excluding hydrogens is 470 g/mol. The number of aromatic nitrogens is 3. The molecule has 164 valence electrons. The summed E-state index contributed by atoms with van der Waals surface area (Å²) in [7, 11) is 0. The molecule has 0 bridgehead atoms. The van der Waals surface area contributed by atoms with Crippen LogP contribution in [0.1, 0.15) is 18.4 Å². The van der Waals surface area contributed by atoms with Crippen molar-refractivity contribution in [3.05, 3.63) is 75.2 Å². The minimum atomic E-state index is -0.241. The molecule has 1 aliphatic rings. The number of amides is 1. The second kappa shape index (κ2) is 8.88. The number of halogens is 1. The Morgan fingerprint density at radius 3 is 2.72 bits per heavy atom. The quantitative estimate of drug-likeness (QED) is 0.446. The van der Waals surface area contributed by atoms with Gasteiger partial charge in [0.15, 0.2) is 0 Å². The first-order valence-corrected chi connectivity index (χ1v) is 11.6. The zero-order valence-corrected chi connectivity index (χ0v) is 19.1. The van der Waals surface area contributed by atoms with Crippen LogP contribution in [0, 0.1) is 0 Å². The van der Waals surface area contributed by atoms with Crippen molar-refractivity contribution in [3.63, 3.8) is 0 Å². The average molecular weight is 494 g/mol. The number of piperidine rings is 1. The molecule has 8 heteroatoms. The van der Waals surface area contributed by atoms with Crippen LogP contribution in [0.25, 0.3) is 21.9 Å². The highest BCUT2D eigenvalue weighted by molar-refractivity contribution is 9.10. The molecule has 0 unspecified atom stereocenters. The zero-order chi connectivity index (χ0) is 22.1. The largest absolute Gasteiger partial charge is 0.352 e. The van der Waals surface area contributed by atoms with E-state index in [0.29, 0.717) is 11.0 Å². The number of H-pyrrole nitrogens is 1. The van der Waals surface area contributed by atoms with Crippen molar-refractivity contribution in [2.24, 2.45) is 0 Å². The van der Waals surface area contributed by atoms with E-state index in [2.05, 4.69) is 60.4 Å². The number of hydrogen-bond acceptors (Lipinski definition) is 4. The number of likely N-dealkylation sites (tertiary alicyclic amines) is 1. The predicted molar refractivity (Wildman–Crippen MR) is 128 cm³/mol. The molecule has 0 spiro atoms. The van der Waals surface area contributed by atoms with Crippen molar-refractivity contribution in [2.45, 2.75) is 32.0 Å². The Balaban J connectivity index is 1.21. The number of hydrogen-bond donors (Lipinski definition) is 2. The molecule has 1 aliphatic heterocycles. The summed E-state index contributed by atoms with van der Waals surface area (Å²) in [4.78, 5) is 35.5. The second-order valence-electron chi connectivity index (χ2n) is 8.32. The maximum Gasteiger partial charge on any atom is 0.278 e. The molecule has 1 amide bonds. The lowest BCUT2D eigenvalue weighted by Gasteiger charge is -2.32. The van der Waals surface area contributed by atoms with Gasteiger partial charge in [-0.05, 0) is 36.6 Å². The van der Waals surface area contributed by atoms with E-state index in [-0.39, 0.29) is 24.1 Å². The highest BCUT2D eigenvalue weighted by Crippen LogP contribution is 2.24. The van der Waals surface area contributed by atoms with Gasteiger partial charge in [-0.15, -0.1) is 0 Å². The summed E-state index contributed by atoms with van der Waals surface area (Å²) in [5, 5.41) is 3.97. The van der Waals surface area contributed by atoms with Crippen molar-refractivity contribution in [3.8, 4) is 0 Å². The third-order valence-electron chi connectivity index (χ3n) is 6.05. The van der Waals surface area contributed by atoms with Gasteiger partial charge in [-0.25, -0.2) is 4.98 Å². The van der Waals surface area contributed by atoms with Crippen molar-refractivity contribution >= 4 is 43.8 Å². The Kier molecular flexibility index (Phi) is 5.80. The normalized spacial score (nSPS) is 15.4. The van der Waals surface area contributed by atoms with E-state index in [4.69, 9.17) is 0 Å². The summed E-state index contributed by atoms with van der Waals surface area (Å²) in [6.07, 6.45) is 3.27. The van der Waals surface area contributed by atoms with Crippen LogP contribution in [0.2, 0.25) is 0 Å². The highest BCUT2D eigenvalue weighted by atomic mass is 79.9. The number of carbonyl (C=O) groups is 1. The maximum atomic E-state index is 12.9. The highest BCUT2D eigenvalue weighted by Gasteiger charge is 2.21. The average Bonchev–Trinajstić information content (AvgIpc) is 3.16. The van der Waals surface area contributed by atoms with E-state index in [1.165, 1.54) is 16.5 Å². The zero-order valence-electron chi connectivity index (χ0n) is 17.6. The number of carbonyl (C=O) groups excluding carboxylic acids is 1. The molecule has 1 saturated heterocycles. The Bertz CT molecular complexity index is 1320. The Morgan fingerprint density at radius 1 is 1.16 bits per heavy atom.